The Kier molecular flexibility index (Phi) is 3.25. The third-order valence-electron chi connectivity index (χ3n) is 3.66. The van der Waals surface area contributed by atoms with Crippen LogP contribution in [0.4, 0.5) is 5.69 Å². The number of anilines is 1. The zero-order chi connectivity index (χ0) is 15.9. The first-order chi connectivity index (χ1) is 10.5. The fourth-order valence-electron chi connectivity index (χ4n) is 2.35. The number of benzene rings is 2. The molecule has 1 heterocycles. The van der Waals surface area contributed by atoms with Crippen molar-refractivity contribution in [2.75, 3.05) is 12.4 Å². The Bertz CT molecular complexity index is 794. The minimum Gasteiger partial charge on any atom is -0.322 e. The quantitative estimate of drug-likeness (QED) is 0.865. The smallest absolute Gasteiger partial charge is 0.261 e. The van der Waals surface area contributed by atoms with Crippen LogP contribution in [0, 0.1) is 6.92 Å². The largest absolute Gasteiger partial charge is 0.322 e. The summed E-state index contributed by atoms with van der Waals surface area (Å²) in [4.78, 5) is 37.0. The summed E-state index contributed by atoms with van der Waals surface area (Å²) >= 11 is 0. The maximum atomic E-state index is 12.2. The lowest BCUT2D eigenvalue weighted by Gasteiger charge is -2.06. The lowest BCUT2D eigenvalue weighted by Crippen LogP contribution is -2.24. The number of aryl methyl sites for hydroxylation is 1. The van der Waals surface area contributed by atoms with Crippen molar-refractivity contribution >= 4 is 23.4 Å². The second-order valence-electron chi connectivity index (χ2n) is 5.25. The van der Waals surface area contributed by atoms with E-state index in [0.29, 0.717) is 22.4 Å². The minimum atomic E-state index is -0.355. The van der Waals surface area contributed by atoms with E-state index in [-0.39, 0.29) is 17.7 Å². The summed E-state index contributed by atoms with van der Waals surface area (Å²) in [5, 5.41) is 2.74. The number of hydrogen-bond donors (Lipinski definition) is 1. The maximum Gasteiger partial charge on any atom is 0.261 e. The zero-order valence-electron chi connectivity index (χ0n) is 12.2. The number of rotatable bonds is 2. The second-order valence-corrected chi connectivity index (χ2v) is 5.25. The highest BCUT2D eigenvalue weighted by Gasteiger charge is 2.32. The standard InChI is InChI=1S/C17H14N2O3/c1-10-3-5-11(6-4-10)15(20)18-12-7-8-13-14(9-12)17(22)19(2)16(13)21/h3-9H,1-2H3,(H,18,20). The van der Waals surface area contributed by atoms with Gasteiger partial charge in [-0.25, -0.2) is 0 Å². The summed E-state index contributed by atoms with van der Waals surface area (Å²) in [5.41, 5.74) is 2.77. The van der Waals surface area contributed by atoms with Gasteiger partial charge in [-0.1, -0.05) is 17.7 Å². The monoisotopic (exact) mass is 294 g/mol. The van der Waals surface area contributed by atoms with Crippen molar-refractivity contribution in [2.45, 2.75) is 6.92 Å². The van der Waals surface area contributed by atoms with Crippen molar-refractivity contribution < 1.29 is 14.4 Å². The fourth-order valence-corrected chi connectivity index (χ4v) is 2.35. The molecule has 0 atom stereocenters. The van der Waals surface area contributed by atoms with E-state index in [0.717, 1.165) is 10.5 Å². The van der Waals surface area contributed by atoms with Gasteiger partial charge >= 0.3 is 0 Å². The Balaban J connectivity index is 1.86. The molecule has 0 saturated carbocycles. The fraction of sp³-hybridized carbons (Fsp3) is 0.118. The van der Waals surface area contributed by atoms with Crippen molar-refractivity contribution in [3.8, 4) is 0 Å². The van der Waals surface area contributed by atoms with Crippen LogP contribution in [0.2, 0.25) is 0 Å². The molecular weight excluding hydrogens is 280 g/mol. The summed E-state index contributed by atoms with van der Waals surface area (Å²) in [6.07, 6.45) is 0. The minimum absolute atomic E-state index is 0.259. The number of fused-ring (bicyclic) bond motifs is 1. The molecule has 1 aliphatic heterocycles. The van der Waals surface area contributed by atoms with E-state index in [1.165, 1.54) is 13.1 Å². The van der Waals surface area contributed by atoms with Gasteiger partial charge in [-0.05, 0) is 37.3 Å². The highest BCUT2D eigenvalue weighted by Crippen LogP contribution is 2.25. The molecule has 0 aliphatic carbocycles. The lowest BCUT2D eigenvalue weighted by atomic mass is 10.1. The van der Waals surface area contributed by atoms with Gasteiger partial charge in [0, 0.05) is 18.3 Å². The molecule has 5 nitrogen and oxygen atoms in total. The number of carbonyl (C=O) groups is 3. The molecule has 0 unspecified atom stereocenters. The molecule has 0 bridgehead atoms. The highest BCUT2D eigenvalue weighted by molar-refractivity contribution is 6.21. The van der Waals surface area contributed by atoms with E-state index in [1.807, 2.05) is 19.1 Å². The molecular formula is C17H14N2O3. The molecule has 3 rings (SSSR count). The molecule has 2 aromatic rings. The second kappa shape index (κ2) is 5.11. The number of nitrogens with zero attached hydrogens (tertiary/aromatic N) is 1. The van der Waals surface area contributed by atoms with Crippen LogP contribution in [0.5, 0.6) is 0 Å². The third kappa shape index (κ3) is 2.26. The summed E-state index contributed by atoms with van der Waals surface area (Å²) in [5.74, 6) is -0.937. The number of nitrogens with one attached hydrogen (secondary N) is 1. The van der Waals surface area contributed by atoms with Crippen LogP contribution in [0.25, 0.3) is 0 Å². The van der Waals surface area contributed by atoms with E-state index in [4.69, 9.17) is 0 Å². The summed E-state index contributed by atoms with van der Waals surface area (Å²) < 4.78 is 0. The topological polar surface area (TPSA) is 66.5 Å². The predicted molar refractivity (Wildman–Crippen MR) is 82.0 cm³/mol. The number of imide groups is 1. The first-order valence-electron chi connectivity index (χ1n) is 6.82. The van der Waals surface area contributed by atoms with Gasteiger partial charge in [-0.15, -0.1) is 0 Å². The zero-order valence-corrected chi connectivity index (χ0v) is 12.2. The van der Waals surface area contributed by atoms with Crippen molar-refractivity contribution in [3.63, 3.8) is 0 Å². The van der Waals surface area contributed by atoms with Crippen LogP contribution in [0.3, 0.4) is 0 Å². The Morgan fingerprint density at radius 3 is 2.27 bits per heavy atom. The molecule has 2 aromatic carbocycles. The molecule has 22 heavy (non-hydrogen) atoms. The normalized spacial score (nSPS) is 13.3. The lowest BCUT2D eigenvalue weighted by molar-refractivity contribution is 0.0692. The van der Waals surface area contributed by atoms with Gasteiger partial charge in [0.05, 0.1) is 11.1 Å². The molecule has 1 N–H and O–H groups in total. The van der Waals surface area contributed by atoms with Crippen LogP contribution in [-0.4, -0.2) is 29.7 Å². The first-order valence-corrected chi connectivity index (χ1v) is 6.82. The summed E-state index contributed by atoms with van der Waals surface area (Å²) in [7, 11) is 1.44. The SMILES string of the molecule is Cc1ccc(C(=O)Nc2ccc3c(c2)C(=O)N(C)C3=O)cc1. The Morgan fingerprint density at radius 2 is 1.59 bits per heavy atom. The Morgan fingerprint density at radius 1 is 0.955 bits per heavy atom. The molecule has 1 aliphatic rings. The van der Waals surface area contributed by atoms with E-state index in [1.54, 1.807) is 24.3 Å². The van der Waals surface area contributed by atoms with Crippen molar-refractivity contribution in [1.29, 1.82) is 0 Å². The number of hydrogen-bond acceptors (Lipinski definition) is 3. The molecule has 5 heteroatoms. The van der Waals surface area contributed by atoms with Gasteiger partial charge in [0.15, 0.2) is 0 Å². The highest BCUT2D eigenvalue weighted by atomic mass is 16.2. The van der Waals surface area contributed by atoms with Gasteiger partial charge in [-0.2, -0.15) is 0 Å². The average Bonchev–Trinajstić information content (AvgIpc) is 2.72. The van der Waals surface area contributed by atoms with Gasteiger partial charge in [-0.3, -0.25) is 19.3 Å². The number of carbonyl (C=O) groups excluding carboxylic acids is 3. The predicted octanol–water partition coefficient (Wildman–Crippen LogP) is 2.47. The number of amides is 3. The molecule has 3 amide bonds. The summed E-state index contributed by atoms with van der Waals surface area (Å²) in [6.45, 7) is 1.95. The van der Waals surface area contributed by atoms with Crippen LogP contribution in [-0.2, 0) is 0 Å². The van der Waals surface area contributed by atoms with E-state index in [2.05, 4.69) is 5.32 Å². The van der Waals surface area contributed by atoms with E-state index < -0.39 is 0 Å². The van der Waals surface area contributed by atoms with Gasteiger partial charge < -0.3 is 5.32 Å². The maximum absolute atomic E-state index is 12.2. The molecule has 110 valence electrons. The Labute approximate surface area is 127 Å². The summed E-state index contributed by atoms with van der Waals surface area (Å²) in [6, 6.07) is 11.9. The van der Waals surface area contributed by atoms with E-state index in [9.17, 15) is 14.4 Å². The first kappa shape index (κ1) is 14.0. The van der Waals surface area contributed by atoms with Crippen LogP contribution in [0.15, 0.2) is 42.5 Å². The average molecular weight is 294 g/mol. The van der Waals surface area contributed by atoms with Crippen molar-refractivity contribution in [3.05, 3.63) is 64.7 Å². The van der Waals surface area contributed by atoms with E-state index >= 15 is 0 Å². The molecule has 0 saturated heterocycles. The van der Waals surface area contributed by atoms with Crippen molar-refractivity contribution in [1.82, 2.24) is 4.90 Å². The molecule has 0 fully saturated rings. The molecule has 0 radical (unpaired) electrons. The Hall–Kier alpha value is -2.95. The molecule has 0 aromatic heterocycles. The van der Waals surface area contributed by atoms with Crippen LogP contribution >= 0.6 is 0 Å². The van der Waals surface area contributed by atoms with Crippen LogP contribution < -0.4 is 5.32 Å². The molecule has 0 spiro atoms. The van der Waals surface area contributed by atoms with Crippen LogP contribution in [0.1, 0.15) is 36.6 Å². The van der Waals surface area contributed by atoms with Crippen molar-refractivity contribution in [2.24, 2.45) is 0 Å². The van der Waals surface area contributed by atoms with Gasteiger partial charge in [0.2, 0.25) is 0 Å². The third-order valence-corrected chi connectivity index (χ3v) is 3.66. The van der Waals surface area contributed by atoms with Gasteiger partial charge in [0.1, 0.15) is 0 Å². The van der Waals surface area contributed by atoms with Gasteiger partial charge in [0.25, 0.3) is 17.7 Å².